The van der Waals surface area contributed by atoms with Crippen molar-refractivity contribution in [3.8, 4) is 0 Å². The standard InChI is InChI=1S/C30H50O/c1-25(2)15-16-27(5)17-18-29(7)21-9-10-22-26(3,4)24(31)12-13-28(22,6)20(21)11-14-30(29,8)23(27)19-25/h20-23H,9-19H2,1-8H3/t20-,21-,22-,23+,27+,28+,29+,30-/m0/s1. The van der Waals surface area contributed by atoms with Crippen LogP contribution in [-0.2, 0) is 4.79 Å². The average Bonchev–Trinajstić information content (AvgIpc) is 2.68. The van der Waals surface area contributed by atoms with Crippen LogP contribution in [0.25, 0.3) is 0 Å². The first-order valence-electron chi connectivity index (χ1n) is 13.7. The van der Waals surface area contributed by atoms with Gasteiger partial charge in [0.15, 0.2) is 0 Å². The Balaban J connectivity index is 1.52. The topological polar surface area (TPSA) is 17.1 Å². The second kappa shape index (κ2) is 6.41. The molecule has 1 nitrogen and oxygen atoms in total. The highest BCUT2D eigenvalue weighted by Crippen LogP contribution is 2.76. The third-order valence-electron chi connectivity index (χ3n) is 13.4. The second-order valence-electron chi connectivity index (χ2n) is 15.4. The lowest BCUT2D eigenvalue weighted by Gasteiger charge is -2.73. The van der Waals surface area contributed by atoms with Crippen molar-refractivity contribution in [2.45, 2.75) is 126 Å². The average molecular weight is 427 g/mol. The van der Waals surface area contributed by atoms with Gasteiger partial charge in [-0.2, -0.15) is 0 Å². The second-order valence-corrected chi connectivity index (χ2v) is 15.4. The predicted octanol–water partition coefficient (Wildman–Crippen LogP) is 8.46. The zero-order valence-corrected chi connectivity index (χ0v) is 22.0. The molecule has 5 aliphatic carbocycles. The number of hydrogen-bond donors (Lipinski definition) is 0. The van der Waals surface area contributed by atoms with Crippen molar-refractivity contribution in [2.24, 2.45) is 56.2 Å². The summed E-state index contributed by atoms with van der Waals surface area (Å²) in [6.07, 6.45) is 14.7. The molecule has 5 rings (SSSR count). The van der Waals surface area contributed by atoms with Crippen LogP contribution in [0.15, 0.2) is 0 Å². The maximum Gasteiger partial charge on any atom is 0.138 e. The van der Waals surface area contributed by atoms with E-state index >= 15 is 0 Å². The van der Waals surface area contributed by atoms with E-state index in [1.165, 1.54) is 57.8 Å². The van der Waals surface area contributed by atoms with Crippen molar-refractivity contribution in [1.82, 2.24) is 0 Å². The first kappa shape index (κ1) is 22.5. The van der Waals surface area contributed by atoms with Gasteiger partial charge in [-0.1, -0.05) is 55.4 Å². The van der Waals surface area contributed by atoms with E-state index < -0.39 is 0 Å². The van der Waals surface area contributed by atoms with Gasteiger partial charge in [-0.3, -0.25) is 4.79 Å². The molecule has 0 spiro atoms. The summed E-state index contributed by atoms with van der Waals surface area (Å²) >= 11 is 0. The number of carbonyl (C=O) groups excluding carboxylic acids is 1. The largest absolute Gasteiger partial charge is 0.299 e. The van der Waals surface area contributed by atoms with E-state index in [9.17, 15) is 4.79 Å². The molecule has 0 bridgehead atoms. The van der Waals surface area contributed by atoms with Gasteiger partial charge in [0.05, 0.1) is 0 Å². The van der Waals surface area contributed by atoms with E-state index in [0.717, 1.165) is 30.6 Å². The van der Waals surface area contributed by atoms with Gasteiger partial charge in [0, 0.05) is 11.8 Å². The lowest BCUT2D eigenvalue weighted by atomic mass is 9.32. The highest BCUT2D eigenvalue weighted by Gasteiger charge is 2.69. The molecular weight excluding hydrogens is 376 g/mol. The Kier molecular flexibility index (Phi) is 4.65. The Morgan fingerprint density at radius 1 is 0.645 bits per heavy atom. The molecule has 0 aliphatic heterocycles. The van der Waals surface area contributed by atoms with Gasteiger partial charge >= 0.3 is 0 Å². The lowest BCUT2D eigenvalue weighted by Crippen LogP contribution is -2.66. The van der Waals surface area contributed by atoms with Crippen molar-refractivity contribution in [3.05, 3.63) is 0 Å². The van der Waals surface area contributed by atoms with Crippen LogP contribution in [-0.4, -0.2) is 5.78 Å². The smallest absolute Gasteiger partial charge is 0.138 e. The van der Waals surface area contributed by atoms with E-state index in [2.05, 4.69) is 55.4 Å². The monoisotopic (exact) mass is 426 g/mol. The Morgan fingerprint density at radius 2 is 1.32 bits per heavy atom. The Labute approximate surface area is 192 Å². The van der Waals surface area contributed by atoms with Crippen molar-refractivity contribution < 1.29 is 4.79 Å². The summed E-state index contributed by atoms with van der Waals surface area (Å²) in [7, 11) is 0. The molecular formula is C30H50O. The molecule has 5 aliphatic rings. The van der Waals surface area contributed by atoms with Crippen molar-refractivity contribution >= 4 is 5.78 Å². The fourth-order valence-electron chi connectivity index (χ4n) is 11.1. The number of ketones is 1. The summed E-state index contributed by atoms with van der Waals surface area (Å²) < 4.78 is 0. The Bertz CT molecular complexity index is 777. The van der Waals surface area contributed by atoms with Gasteiger partial charge in [-0.25, -0.2) is 0 Å². The van der Waals surface area contributed by atoms with E-state index in [1.807, 2.05) is 0 Å². The fourth-order valence-corrected chi connectivity index (χ4v) is 11.1. The van der Waals surface area contributed by atoms with Crippen LogP contribution in [0, 0.1) is 56.2 Å². The van der Waals surface area contributed by atoms with Gasteiger partial charge in [0.2, 0.25) is 0 Å². The Hall–Kier alpha value is -0.330. The lowest BCUT2D eigenvalue weighted by molar-refractivity contribution is -0.238. The summed E-state index contributed by atoms with van der Waals surface area (Å²) in [6.45, 7) is 20.4. The molecule has 0 aromatic rings. The summed E-state index contributed by atoms with van der Waals surface area (Å²) in [6, 6.07) is 0. The highest BCUT2D eigenvalue weighted by molar-refractivity contribution is 5.85. The molecule has 0 radical (unpaired) electrons. The van der Waals surface area contributed by atoms with Gasteiger partial charge in [0.25, 0.3) is 0 Å². The quantitative estimate of drug-likeness (QED) is 0.379. The third kappa shape index (κ3) is 2.76. The summed E-state index contributed by atoms with van der Waals surface area (Å²) in [5, 5.41) is 0. The maximum absolute atomic E-state index is 12.9. The van der Waals surface area contributed by atoms with E-state index in [0.29, 0.717) is 38.8 Å². The van der Waals surface area contributed by atoms with Crippen LogP contribution in [0.5, 0.6) is 0 Å². The van der Waals surface area contributed by atoms with Crippen LogP contribution < -0.4 is 0 Å². The van der Waals surface area contributed by atoms with Crippen LogP contribution in [0.3, 0.4) is 0 Å². The number of Topliss-reactive ketones (excluding diaryl/α,β-unsaturated/α-hetero) is 1. The number of rotatable bonds is 0. The Morgan fingerprint density at radius 3 is 2.03 bits per heavy atom. The molecule has 0 aromatic heterocycles. The van der Waals surface area contributed by atoms with E-state index in [4.69, 9.17) is 0 Å². The van der Waals surface area contributed by atoms with Crippen molar-refractivity contribution in [1.29, 1.82) is 0 Å². The zero-order valence-electron chi connectivity index (χ0n) is 22.0. The molecule has 8 atom stereocenters. The highest BCUT2D eigenvalue weighted by atomic mass is 16.1. The van der Waals surface area contributed by atoms with Crippen LogP contribution >= 0.6 is 0 Å². The van der Waals surface area contributed by atoms with Crippen molar-refractivity contribution in [2.75, 3.05) is 0 Å². The maximum atomic E-state index is 12.9. The van der Waals surface area contributed by atoms with Crippen LogP contribution in [0.4, 0.5) is 0 Å². The van der Waals surface area contributed by atoms with Crippen LogP contribution in [0.2, 0.25) is 0 Å². The molecule has 1 heteroatoms. The molecule has 5 fully saturated rings. The molecule has 176 valence electrons. The summed E-state index contributed by atoms with van der Waals surface area (Å²) in [5.41, 5.74) is 2.31. The van der Waals surface area contributed by atoms with Gasteiger partial charge in [0.1, 0.15) is 5.78 Å². The summed E-state index contributed by atoms with van der Waals surface area (Å²) in [4.78, 5) is 12.9. The van der Waals surface area contributed by atoms with Crippen LogP contribution in [0.1, 0.15) is 126 Å². The first-order valence-corrected chi connectivity index (χ1v) is 13.7. The van der Waals surface area contributed by atoms with Gasteiger partial charge < -0.3 is 0 Å². The first-order chi connectivity index (χ1) is 14.2. The molecule has 0 unspecified atom stereocenters. The molecule has 0 aromatic carbocycles. The molecule has 0 amide bonds. The van der Waals surface area contributed by atoms with E-state index in [-0.39, 0.29) is 5.41 Å². The van der Waals surface area contributed by atoms with E-state index in [1.54, 1.807) is 0 Å². The number of hydrogen-bond acceptors (Lipinski definition) is 1. The number of carbonyl (C=O) groups is 1. The van der Waals surface area contributed by atoms with Crippen molar-refractivity contribution in [3.63, 3.8) is 0 Å². The molecule has 5 saturated carbocycles. The minimum Gasteiger partial charge on any atom is -0.299 e. The normalized spacial score (nSPS) is 55.4. The number of fused-ring (bicyclic) bond motifs is 7. The fraction of sp³-hybridized carbons (Fsp3) is 0.967. The minimum atomic E-state index is -0.113. The molecule has 0 saturated heterocycles. The third-order valence-corrected chi connectivity index (χ3v) is 13.4. The zero-order chi connectivity index (χ0) is 22.7. The molecule has 0 N–H and O–H groups in total. The predicted molar refractivity (Wildman–Crippen MR) is 130 cm³/mol. The molecule has 0 heterocycles. The van der Waals surface area contributed by atoms with Gasteiger partial charge in [-0.05, 0) is 115 Å². The summed E-state index contributed by atoms with van der Waals surface area (Å²) in [5.74, 6) is 3.72. The molecule has 31 heavy (non-hydrogen) atoms. The van der Waals surface area contributed by atoms with Gasteiger partial charge in [-0.15, -0.1) is 0 Å². The SMILES string of the molecule is CC1(C)CC[C@]2(C)CC[C@]3(C)[C@H]4CC[C@H]5C(C)(C)C(=O)CC[C@]5(C)[C@H]4CC[C@@]3(C)[C@@H]2C1. The minimum absolute atomic E-state index is 0.113.